The first-order valence-corrected chi connectivity index (χ1v) is 7.29. The summed E-state index contributed by atoms with van der Waals surface area (Å²) in [5.41, 5.74) is 0. The lowest BCUT2D eigenvalue weighted by molar-refractivity contribution is 0.410. The maximum absolute atomic E-state index is 3.50. The number of hydrogen-bond acceptors (Lipinski definition) is 2. The molecule has 0 amide bonds. The van der Waals surface area contributed by atoms with E-state index in [4.69, 9.17) is 0 Å². The second-order valence-electron chi connectivity index (χ2n) is 4.37. The van der Waals surface area contributed by atoms with Gasteiger partial charge >= 0.3 is 0 Å². The van der Waals surface area contributed by atoms with E-state index in [2.05, 4.69) is 31.1 Å². The van der Waals surface area contributed by atoms with Gasteiger partial charge in [0, 0.05) is 11.8 Å². The molecule has 0 saturated heterocycles. The highest BCUT2D eigenvalue weighted by Crippen LogP contribution is 2.29. The van der Waals surface area contributed by atoms with Crippen molar-refractivity contribution in [3.8, 4) is 0 Å². The molecule has 0 heterocycles. The van der Waals surface area contributed by atoms with Crippen LogP contribution in [0.15, 0.2) is 0 Å². The Kier molecular flexibility index (Phi) is 6.70. The first kappa shape index (κ1) is 12.4. The Balaban J connectivity index is 2.11. The van der Waals surface area contributed by atoms with Gasteiger partial charge in [0.15, 0.2) is 0 Å². The van der Waals surface area contributed by atoms with Crippen LogP contribution in [0.2, 0.25) is 0 Å². The molecule has 0 radical (unpaired) electrons. The molecule has 1 atom stereocenters. The second-order valence-corrected chi connectivity index (χ2v) is 5.52. The summed E-state index contributed by atoms with van der Waals surface area (Å²) < 4.78 is 0. The smallest absolute Gasteiger partial charge is 0.0183 e. The fraction of sp³-hybridized carbons (Fsp3) is 1.00. The zero-order valence-corrected chi connectivity index (χ0v) is 10.5. The van der Waals surface area contributed by atoms with E-state index in [1.54, 1.807) is 0 Å². The summed E-state index contributed by atoms with van der Waals surface area (Å²) >= 11 is 2.13. The van der Waals surface area contributed by atoms with Crippen molar-refractivity contribution in [2.24, 2.45) is 5.92 Å². The fourth-order valence-electron chi connectivity index (χ4n) is 2.27. The van der Waals surface area contributed by atoms with Crippen molar-refractivity contribution in [3.63, 3.8) is 0 Å². The second kappa shape index (κ2) is 7.58. The van der Waals surface area contributed by atoms with Crippen molar-refractivity contribution in [2.75, 3.05) is 18.6 Å². The summed E-state index contributed by atoms with van der Waals surface area (Å²) in [6, 6.07) is 0.777. The number of unbranched alkanes of at least 4 members (excludes halogenated alkanes) is 1. The average Bonchev–Trinajstić information content (AvgIpc) is 2.71. The normalized spacial score (nSPS) is 20.1. The first-order chi connectivity index (χ1) is 6.88. The van der Waals surface area contributed by atoms with E-state index < -0.39 is 0 Å². The summed E-state index contributed by atoms with van der Waals surface area (Å²) in [6.45, 7) is 2.27. The van der Waals surface area contributed by atoms with Gasteiger partial charge in [-0.2, -0.15) is 11.8 Å². The topological polar surface area (TPSA) is 12.0 Å². The Morgan fingerprint density at radius 3 is 2.64 bits per heavy atom. The van der Waals surface area contributed by atoms with Crippen LogP contribution < -0.4 is 5.32 Å². The van der Waals surface area contributed by atoms with Crippen LogP contribution in [0.5, 0.6) is 0 Å². The lowest BCUT2D eigenvalue weighted by Crippen LogP contribution is -2.34. The van der Waals surface area contributed by atoms with Crippen molar-refractivity contribution in [1.82, 2.24) is 5.32 Å². The van der Waals surface area contributed by atoms with Crippen molar-refractivity contribution in [1.29, 1.82) is 0 Å². The highest BCUT2D eigenvalue weighted by molar-refractivity contribution is 7.99. The third-order valence-corrected chi connectivity index (χ3v) is 4.45. The lowest BCUT2D eigenvalue weighted by atomic mass is 10.0. The molecular formula is C12H25NS. The number of rotatable bonds is 7. The minimum atomic E-state index is 0.777. The van der Waals surface area contributed by atoms with Crippen LogP contribution in [0, 0.1) is 5.92 Å². The van der Waals surface area contributed by atoms with Crippen LogP contribution in [0.25, 0.3) is 0 Å². The van der Waals surface area contributed by atoms with Gasteiger partial charge in [-0.3, -0.25) is 0 Å². The zero-order chi connectivity index (χ0) is 10.2. The monoisotopic (exact) mass is 215 g/mol. The Bertz CT molecular complexity index is 132. The van der Waals surface area contributed by atoms with Crippen molar-refractivity contribution in [2.45, 2.75) is 51.5 Å². The molecule has 0 aromatic rings. The van der Waals surface area contributed by atoms with Crippen LogP contribution >= 0.6 is 11.8 Å². The predicted molar refractivity (Wildman–Crippen MR) is 67.0 cm³/mol. The van der Waals surface area contributed by atoms with Crippen molar-refractivity contribution >= 4 is 11.8 Å². The van der Waals surface area contributed by atoms with Crippen LogP contribution in [0.4, 0.5) is 0 Å². The van der Waals surface area contributed by atoms with E-state index in [1.165, 1.54) is 50.0 Å². The predicted octanol–water partition coefficient (Wildman–Crippen LogP) is 3.30. The fourth-order valence-corrected chi connectivity index (χ4v) is 3.62. The van der Waals surface area contributed by atoms with Crippen molar-refractivity contribution < 1.29 is 0 Å². The molecule has 1 saturated carbocycles. The first-order valence-electron chi connectivity index (χ1n) is 6.13. The number of thioether (sulfide) groups is 1. The number of hydrogen-bond donors (Lipinski definition) is 1. The van der Waals surface area contributed by atoms with Gasteiger partial charge in [-0.1, -0.05) is 26.2 Å². The molecule has 0 bridgehead atoms. The third kappa shape index (κ3) is 4.22. The maximum atomic E-state index is 3.50. The van der Waals surface area contributed by atoms with Gasteiger partial charge in [0.2, 0.25) is 0 Å². The zero-order valence-electron chi connectivity index (χ0n) is 9.72. The minimum Gasteiger partial charge on any atom is -0.316 e. The standard InChI is InChI=1S/C12H25NS/c1-3-4-9-14-10-12(13-2)11-7-5-6-8-11/h11-13H,3-10H2,1-2H3. The van der Waals surface area contributed by atoms with Crippen LogP contribution in [0.1, 0.15) is 45.4 Å². The van der Waals surface area contributed by atoms with Gasteiger partial charge in [0.25, 0.3) is 0 Å². The van der Waals surface area contributed by atoms with Gasteiger partial charge in [-0.05, 0) is 38.0 Å². The molecule has 0 aliphatic heterocycles. The SMILES string of the molecule is CCCCSCC(NC)C1CCCC1. The molecule has 0 spiro atoms. The molecule has 84 valence electrons. The molecule has 1 fully saturated rings. The molecule has 1 rings (SSSR count). The molecule has 1 aliphatic carbocycles. The van der Waals surface area contributed by atoms with Gasteiger partial charge < -0.3 is 5.32 Å². The number of nitrogens with one attached hydrogen (secondary N) is 1. The summed E-state index contributed by atoms with van der Waals surface area (Å²) in [7, 11) is 2.13. The quantitative estimate of drug-likeness (QED) is 0.654. The Hall–Kier alpha value is 0.310. The molecule has 2 heteroatoms. The van der Waals surface area contributed by atoms with Crippen LogP contribution in [-0.4, -0.2) is 24.6 Å². The van der Waals surface area contributed by atoms with Crippen LogP contribution in [0.3, 0.4) is 0 Å². The van der Waals surface area contributed by atoms with E-state index in [1.807, 2.05) is 0 Å². The molecular weight excluding hydrogens is 190 g/mol. The third-order valence-electron chi connectivity index (χ3n) is 3.28. The summed E-state index contributed by atoms with van der Waals surface area (Å²) in [5.74, 6) is 3.64. The molecule has 1 unspecified atom stereocenters. The van der Waals surface area contributed by atoms with E-state index in [0.29, 0.717) is 0 Å². The largest absolute Gasteiger partial charge is 0.316 e. The minimum absolute atomic E-state index is 0.777. The lowest BCUT2D eigenvalue weighted by Gasteiger charge is -2.22. The average molecular weight is 215 g/mol. The van der Waals surface area contributed by atoms with Gasteiger partial charge in [-0.25, -0.2) is 0 Å². The summed E-state index contributed by atoms with van der Waals surface area (Å²) in [6.07, 6.45) is 8.55. The highest BCUT2D eigenvalue weighted by Gasteiger charge is 2.23. The summed E-state index contributed by atoms with van der Waals surface area (Å²) in [4.78, 5) is 0. The molecule has 1 nitrogen and oxygen atoms in total. The summed E-state index contributed by atoms with van der Waals surface area (Å²) in [5, 5.41) is 3.50. The molecule has 14 heavy (non-hydrogen) atoms. The van der Waals surface area contributed by atoms with E-state index in [0.717, 1.165) is 12.0 Å². The van der Waals surface area contributed by atoms with Crippen molar-refractivity contribution in [3.05, 3.63) is 0 Å². The highest BCUT2D eigenvalue weighted by atomic mass is 32.2. The maximum Gasteiger partial charge on any atom is 0.0183 e. The van der Waals surface area contributed by atoms with Gasteiger partial charge in [0.05, 0.1) is 0 Å². The van der Waals surface area contributed by atoms with Crippen LogP contribution in [-0.2, 0) is 0 Å². The Morgan fingerprint density at radius 1 is 1.36 bits per heavy atom. The Labute approximate surface area is 93.4 Å². The van der Waals surface area contributed by atoms with Gasteiger partial charge in [-0.15, -0.1) is 0 Å². The van der Waals surface area contributed by atoms with E-state index in [9.17, 15) is 0 Å². The molecule has 1 aliphatic rings. The molecule has 0 aromatic carbocycles. The molecule has 0 aromatic heterocycles. The molecule has 1 N–H and O–H groups in total. The van der Waals surface area contributed by atoms with E-state index >= 15 is 0 Å². The van der Waals surface area contributed by atoms with E-state index in [-0.39, 0.29) is 0 Å². The van der Waals surface area contributed by atoms with Gasteiger partial charge in [0.1, 0.15) is 0 Å². The Morgan fingerprint density at radius 2 is 2.07 bits per heavy atom.